The lowest BCUT2D eigenvalue weighted by molar-refractivity contribution is 0.614. The van der Waals surface area contributed by atoms with E-state index in [4.69, 9.17) is 0 Å². The van der Waals surface area contributed by atoms with Crippen molar-refractivity contribution in [2.75, 3.05) is 25.0 Å². The summed E-state index contributed by atoms with van der Waals surface area (Å²) in [5.41, 5.74) is 1.22. The van der Waals surface area contributed by atoms with Gasteiger partial charge in [-0.25, -0.2) is 4.98 Å². The first-order chi connectivity index (χ1) is 7.34. The third-order valence-corrected chi connectivity index (χ3v) is 3.70. The van der Waals surface area contributed by atoms with Gasteiger partial charge in [0.2, 0.25) is 0 Å². The van der Waals surface area contributed by atoms with Gasteiger partial charge in [-0.05, 0) is 49.4 Å². The minimum absolute atomic E-state index is 0.884. The Labute approximate surface area is 90.3 Å². The quantitative estimate of drug-likeness (QED) is 0.776. The Hall–Kier alpha value is -1.09. The van der Waals surface area contributed by atoms with Crippen molar-refractivity contribution in [1.82, 2.24) is 10.3 Å². The van der Waals surface area contributed by atoms with Crippen LogP contribution in [0.4, 0.5) is 5.82 Å². The molecule has 15 heavy (non-hydrogen) atoms. The molecule has 1 aliphatic carbocycles. The molecule has 3 heteroatoms. The molecule has 0 bridgehead atoms. The van der Waals surface area contributed by atoms with Gasteiger partial charge in [-0.1, -0.05) is 6.07 Å². The normalized spacial score (nSPS) is 32.5. The Balaban J connectivity index is 1.52. The number of fused-ring (bicyclic) bond motifs is 1. The number of rotatable bonds is 3. The Morgan fingerprint density at radius 3 is 2.87 bits per heavy atom. The molecule has 0 radical (unpaired) electrons. The molecule has 0 amide bonds. The van der Waals surface area contributed by atoms with Crippen molar-refractivity contribution in [2.24, 2.45) is 17.8 Å². The largest absolute Gasteiger partial charge is 0.370 e. The van der Waals surface area contributed by atoms with Crippen molar-refractivity contribution in [1.29, 1.82) is 0 Å². The SMILES string of the molecule is Cc1ccc(NCC2C3CNCC32)nc1. The predicted molar refractivity (Wildman–Crippen MR) is 60.8 cm³/mol. The van der Waals surface area contributed by atoms with Crippen LogP contribution < -0.4 is 10.6 Å². The number of nitrogens with zero attached hydrogens (tertiary/aromatic N) is 1. The van der Waals surface area contributed by atoms with Crippen LogP contribution in [0.15, 0.2) is 18.3 Å². The standard InChI is InChI=1S/C12H17N3/c1-8-2-3-12(14-4-8)15-7-11-9-5-13-6-10(9)11/h2-4,9-11,13H,5-7H2,1H3,(H,14,15). The molecule has 2 fully saturated rings. The summed E-state index contributed by atoms with van der Waals surface area (Å²) in [6.45, 7) is 5.59. The number of hydrogen-bond acceptors (Lipinski definition) is 3. The highest BCUT2D eigenvalue weighted by molar-refractivity contribution is 5.35. The van der Waals surface area contributed by atoms with E-state index in [-0.39, 0.29) is 0 Å². The lowest BCUT2D eigenvalue weighted by Gasteiger charge is -2.07. The number of piperidine rings is 1. The summed E-state index contributed by atoms with van der Waals surface area (Å²) in [6.07, 6.45) is 1.91. The Morgan fingerprint density at radius 1 is 1.40 bits per heavy atom. The molecular formula is C12H17N3. The monoisotopic (exact) mass is 203 g/mol. The van der Waals surface area contributed by atoms with Gasteiger partial charge in [0.05, 0.1) is 0 Å². The summed E-state index contributed by atoms with van der Waals surface area (Å²) in [5.74, 6) is 3.76. The van der Waals surface area contributed by atoms with Crippen molar-refractivity contribution in [2.45, 2.75) is 6.92 Å². The van der Waals surface area contributed by atoms with Crippen LogP contribution in [0.1, 0.15) is 5.56 Å². The van der Waals surface area contributed by atoms with E-state index in [0.29, 0.717) is 0 Å². The van der Waals surface area contributed by atoms with Gasteiger partial charge in [0.15, 0.2) is 0 Å². The number of aryl methyl sites for hydroxylation is 1. The summed E-state index contributed by atoms with van der Waals surface area (Å²) >= 11 is 0. The van der Waals surface area contributed by atoms with Gasteiger partial charge in [-0.15, -0.1) is 0 Å². The van der Waals surface area contributed by atoms with Gasteiger partial charge >= 0.3 is 0 Å². The highest BCUT2D eigenvalue weighted by atomic mass is 15.0. The van der Waals surface area contributed by atoms with Crippen LogP contribution in [0.2, 0.25) is 0 Å². The van der Waals surface area contributed by atoms with E-state index in [2.05, 4.69) is 34.7 Å². The second kappa shape index (κ2) is 3.49. The summed E-state index contributed by atoms with van der Waals surface area (Å²) < 4.78 is 0. The first kappa shape index (κ1) is 9.16. The van der Waals surface area contributed by atoms with Crippen LogP contribution in [0.5, 0.6) is 0 Å². The fraction of sp³-hybridized carbons (Fsp3) is 0.583. The fourth-order valence-electron chi connectivity index (χ4n) is 2.64. The maximum absolute atomic E-state index is 4.35. The van der Waals surface area contributed by atoms with Crippen LogP contribution in [0.25, 0.3) is 0 Å². The Kier molecular flexibility index (Phi) is 2.13. The molecule has 2 aliphatic rings. The maximum Gasteiger partial charge on any atom is 0.125 e. The summed E-state index contributed by atoms with van der Waals surface area (Å²) in [6, 6.07) is 4.16. The average Bonchev–Trinajstić information content (AvgIpc) is 2.71. The summed E-state index contributed by atoms with van der Waals surface area (Å²) in [5, 5.41) is 6.84. The Morgan fingerprint density at radius 2 is 2.20 bits per heavy atom. The molecule has 1 aromatic heterocycles. The molecular weight excluding hydrogens is 186 g/mol. The number of anilines is 1. The third-order valence-electron chi connectivity index (χ3n) is 3.70. The lowest BCUT2D eigenvalue weighted by Crippen LogP contribution is -2.18. The van der Waals surface area contributed by atoms with Crippen LogP contribution >= 0.6 is 0 Å². The first-order valence-corrected chi connectivity index (χ1v) is 5.72. The molecule has 80 valence electrons. The van der Waals surface area contributed by atoms with E-state index in [1.165, 1.54) is 18.7 Å². The van der Waals surface area contributed by atoms with E-state index in [1.54, 1.807) is 0 Å². The third kappa shape index (κ3) is 1.72. The van der Waals surface area contributed by atoms with E-state index in [1.807, 2.05) is 6.20 Å². The number of nitrogens with one attached hydrogen (secondary N) is 2. The minimum atomic E-state index is 0.884. The zero-order valence-corrected chi connectivity index (χ0v) is 9.03. The van der Waals surface area contributed by atoms with Gasteiger partial charge in [0, 0.05) is 12.7 Å². The van der Waals surface area contributed by atoms with E-state index in [9.17, 15) is 0 Å². The van der Waals surface area contributed by atoms with Crippen molar-refractivity contribution in [3.05, 3.63) is 23.9 Å². The van der Waals surface area contributed by atoms with Gasteiger partial charge in [0.1, 0.15) is 5.82 Å². The molecule has 2 N–H and O–H groups in total. The zero-order chi connectivity index (χ0) is 10.3. The second-order valence-corrected chi connectivity index (χ2v) is 4.75. The van der Waals surface area contributed by atoms with Crippen LogP contribution in [-0.4, -0.2) is 24.6 Å². The fourth-order valence-corrected chi connectivity index (χ4v) is 2.64. The van der Waals surface area contributed by atoms with Crippen LogP contribution in [-0.2, 0) is 0 Å². The van der Waals surface area contributed by atoms with Crippen molar-refractivity contribution >= 4 is 5.82 Å². The highest BCUT2D eigenvalue weighted by Gasteiger charge is 2.52. The van der Waals surface area contributed by atoms with Crippen LogP contribution in [0.3, 0.4) is 0 Å². The predicted octanol–water partition coefficient (Wildman–Crippen LogP) is 1.27. The Bertz CT molecular complexity index is 336. The molecule has 3 rings (SSSR count). The van der Waals surface area contributed by atoms with Gasteiger partial charge in [-0.2, -0.15) is 0 Å². The number of aromatic nitrogens is 1. The van der Waals surface area contributed by atoms with Crippen molar-refractivity contribution in [3.8, 4) is 0 Å². The molecule has 1 saturated heterocycles. The van der Waals surface area contributed by atoms with E-state index >= 15 is 0 Å². The van der Waals surface area contributed by atoms with Crippen molar-refractivity contribution < 1.29 is 0 Å². The van der Waals surface area contributed by atoms with E-state index < -0.39 is 0 Å². The molecule has 2 unspecified atom stereocenters. The maximum atomic E-state index is 4.35. The topological polar surface area (TPSA) is 37.0 Å². The van der Waals surface area contributed by atoms with Gasteiger partial charge < -0.3 is 10.6 Å². The molecule has 0 aromatic carbocycles. The highest BCUT2D eigenvalue weighted by Crippen LogP contribution is 2.48. The number of pyridine rings is 1. The number of hydrogen-bond donors (Lipinski definition) is 2. The molecule has 1 aliphatic heterocycles. The summed E-state index contributed by atoms with van der Waals surface area (Å²) in [4.78, 5) is 4.35. The van der Waals surface area contributed by atoms with E-state index in [0.717, 1.165) is 30.1 Å². The molecule has 1 saturated carbocycles. The molecule has 0 spiro atoms. The first-order valence-electron chi connectivity index (χ1n) is 5.72. The second-order valence-electron chi connectivity index (χ2n) is 4.75. The van der Waals surface area contributed by atoms with Crippen molar-refractivity contribution in [3.63, 3.8) is 0 Å². The molecule has 3 nitrogen and oxygen atoms in total. The smallest absolute Gasteiger partial charge is 0.125 e. The minimum Gasteiger partial charge on any atom is -0.370 e. The van der Waals surface area contributed by atoms with Gasteiger partial charge in [0.25, 0.3) is 0 Å². The average molecular weight is 203 g/mol. The van der Waals surface area contributed by atoms with Gasteiger partial charge in [-0.3, -0.25) is 0 Å². The van der Waals surface area contributed by atoms with Crippen LogP contribution in [0, 0.1) is 24.7 Å². The molecule has 2 heterocycles. The molecule has 2 atom stereocenters. The zero-order valence-electron chi connectivity index (χ0n) is 9.03. The summed E-state index contributed by atoms with van der Waals surface area (Å²) in [7, 11) is 0. The molecule has 1 aromatic rings. The lowest BCUT2D eigenvalue weighted by atomic mass is 10.2.